The fourth-order valence-electron chi connectivity index (χ4n) is 4.92. The number of hydrogen-bond donors (Lipinski definition) is 2. The number of nitrogens with one attached hydrogen (secondary N) is 1. The first-order valence-electron chi connectivity index (χ1n) is 11.3. The maximum absolute atomic E-state index is 11.4. The molecule has 1 aliphatic heterocycles. The molecule has 0 atom stereocenters. The van der Waals surface area contributed by atoms with E-state index in [0.29, 0.717) is 38.6 Å². The van der Waals surface area contributed by atoms with Gasteiger partial charge in [-0.2, -0.15) is 4.98 Å². The van der Waals surface area contributed by atoms with Gasteiger partial charge in [0.05, 0.1) is 21.8 Å². The van der Waals surface area contributed by atoms with Gasteiger partial charge in [-0.3, -0.25) is 0 Å². The number of imidazole rings is 1. The maximum Gasteiger partial charge on any atom is 0.336 e. The average molecular weight is 475 g/mol. The van der Waals surface area contributed by atoms with Gasteiger partial charge < -0.3 is 19.7 Å². The number of pyridine rings is 1. The number of rotatable bonds is 5. The van der Waals surface area contributed by atoms with Gasteiger partial charge in [-0.25, -0.2) is 9.78 Å². The second-order valence-electron chi connectivity index (χ2n) is 9.37. The molecule has 1 saturated heterocycles. The highest BCUT2D eigenvalue weighted by molar-refractivity contribution is 6.33. The zero-order valence-electron chi connectivity index (χ0n) is 18.6. The molecule has 1 aliphatic carbocycles. The highest BCUT2D eigenvalue weighted by atomic mass is 35.5. The Hall–Kier alpha value is -3.58. The Labute approximate surface area is 201 Å². The number of halogens is 1. The summed E-state index contributed by atoms with van der Waals surface area (Å²) in [6.07, 6.45) is 4.09. The lowest BCUT2D eigenvalue weighted by atomic mass is 9.63. The summed E-state index contributed by atoms with van der Waals surface area (Å²) in [5.74, 6) is -0.632. The van der Waals surface area contributed by atoms with E-state index in [-0.39, 0.29) is 11.6 Å². The topological polar surface area (TPSA) is 91.3 Å². The maximum atomic E-state index is 11.4. The van der Waals surface area contributed by atoms with Gasteiger partial charge in [0.25, 0.3) is 0 Å². The lowest BCUT2D eigenvalue weighted by Gasteiger charge is -2.57. The van der Waals surface area contributed by atoms with Gasteiger partial charge >= 0.3 is 12.0 Å². The molecule has 0 amide bonds. The van der Waals surface area contributed by atoms with Crippen molar-refractivity contribution < 1.29 is 14.6 Å². The van der Waals surface area contributed by atoms with E-state index < -0.39 is 5.97 Å². The first-order chi connectivity index (χ1) is 16.4. The van der Waals surface area contributed by atoms with Crippen LogP contribution in [0.25, 0.3) is 22.4 Å². The van der Waals surface area contributed by atoms with Crippen LogP contribution in [0.15, 0.2) is 48.5 Å². The molecule has 0 radical (unpaired) electrons. The Morgan fingerprint density at radius 3 is 2.56 bits per heavy atom. The van der Waals surface area contributed by atoms with Crippen LogP contribution in [-0.2, 0) is 0 Å². The Kier molecular flexibility index (Phi) is 4.78. The van der Waals surface area contributed by atoms with Crippen LogP contribution >= 0.6 is 11.6 Å². The fourth-order valence-corrected chi connectivity index (χ4v) is 5.18. The summed E-state index contributed by atoms with van der Waals surface area (Å²) in [6, 6.07) is 15.2. The number of aromatic amines is 1. The van der Waals surface area contributed by atoms with E-state index in [4.69, 9.17) is 16.3 Å². The quantitative estimate of drug-likeness (QED) is 0.365. The molecule has 0 bridgehead atoms. The molecule has 0 unspecified atom stereocenters. The summed E-state index contributed by atoms with van der Waals surface area (Å²) in [5, 5.41) is 9.85. The summed E-state index contributed by atoms with van der Waals surface area (Å²) in [6.45, 7) is 4.05. The molecule has 2 aliphatic rings. The number of ether oxygens (including phenoxy) is 1. The van der Waals surface area contributed by atoms with Gasteiger partial charge in [0.2, 0.25) is 0 Å². The Balaban J connectivity index is 1.24. The van der Waals surface area contributed by atoms with Gasteiger partial charge in [0, 0.05) is 29.8 Å². The molecule has 1 saturated carbocycles. The summed E-state index contributed by atoms with van der Waals surface area (Å²) in [7, 11) is 0. The molecular weight excluding hydrogens is 452 g/mol. The molecule has 4 aromatic rings. The zero-order chi connectivity index (χ0) is 23.4. The van der Waals surface area contributed by atoms with Gasteiger partial charge in [-0.15, -0.1) is 0 Å². The number of anilines is 1. The number of nitrogens with zero attached hydrogens (tertiary/aromatic N) is 3. The van der Waals surface area contributed by atoms with E-state index in [0.717, 1.165) is 18.7 Å². The van der Waals surface area contributed by atoms with E-state index >= 15 is 0 Å². The number of carboxylic acid groups (broad SMARTS) is 1. The van der Waals surface area contributed by atoms with E-state index in [2.05, 4.69) is 32.0 Å². The number of aromatic carboxylic acids is 1. The molecule has 3 heterocycles. The highest BCUT2D eigenvalue weighted by Crippen LogP contribution is 2.49. The van der Waals surface area contributed by atoms with E-state index in [9.17, 15) is 9.90 Å². The van der Waals surface area contributed by atoms with E-state index in [1.807, 2.05) is 12.1 Å². The van der Waals surface area contributed by atoms with Crippen LogP contribution in [0.3, 0.4) is 0 Å². The highest BCUT2D eigenvalue weighted by Gasteiger charge is 2.47. The third-order valence-electron chi connectivity index (χ3n) is 7.03. The first kappa shape index (κ1) is 21.0. The summed E-state index contributed by atoms with van der Waals surface area (Å²) in [5.41, 5.74) is 5.34. The number of carbonyl (C=O) groups is 1. The predicted molar refractivity (Wildman–Crippen MR) is 131 cm³/mol. The van der Waals surface area contributed by atoms with Crippen molar-refractivity contribution in [3.63, 3.8) is 0 Å². The minimum Gasteiger partial charge on any atom is -0.478 e. The molecule has 2 aromatic heterocycles. The van der Waals surface area contributed by atoms with Crippen LogP contribution in [0.5, 0.6) is 11.8 Å². The van der Waals surface area contributed by atoms with Crippen molar-refractivity contribution in [1.29, 1.82) is 0 Å². The van der Waals surface area contributed by atoms with Gasteiger partial charge in [-0.05, 0) is 55.7 Å². The van der Waals surface area contributed by atoms with Crippen LogP contribution in [0.2, 0.25) is 5.02 Å². The van der Waals surface area contributed by atoms with Crippen LogP contribution in [-0.4, -0.2) is 39.1 Å². The Morgan fingerprint density at radius 1 is 1.12 bits per heavy atom. The van der Waals surface area contributed by atoms with Crippen molar-refractivity contribution in [2.24, 2.45) is 5.41 Å². The van der Waals surface area contributed by atoms with Crippen LogP contribution in [0.4, 0.5) is 5.69 Å². The van der Waals surface area contributed by atoms with Crippen LogP contribution in [0.1, 0.15) is 35.2 Å². The second-order valence-corrected chi connectivity index (χ2v) is 9.78. The van der Waals surface area contributed by atoms with Crippen molar-refractivity contribution >= 4 is 34.4 Å². The number of fused-ring (bicyclic) bond motifs is 1. The Morgan fingerprint density at radius 2 is 1.88 bits per heavy atom. The average Bonchev–Trinajstić information content (AvgIpc) is 3.14. The zero-order valence-corrected chi connectivity index (χ0v) is 19.4. The molecule has 1 spiro atoms. The smallest absolute Gasteiger partial charge is 0.336 e. The van der Waals surface area contributed by atoms with Crippen molar-refractivity contribution in [1.82, 2.24) is 15.0 Å². The molecular formula is C26H23ClN4O3. The van der Waals surface area contributed by atoms with Gasteiger partial charge in [0.1, 0.15) is 5.75 Å². The van der Waals surface area contributed by atoms with E-state index in [1.165, 1.54) is 31.0 Å². The molecule has 7 nitrogen and oxygen atoms in total. The first-order valence-corrected chi connectivity index (χ1v) is 11.7. The van der Waals surface area contributed by atoms with Crippen molar-refractivity contribution in [2.75, 3.05) is 18.0 Å². The van der Waals surface area contributed by atoms with Crippen molar-refractivity contribution in [3.05, 3.63) is 64.7 Å². The standard InChI is InChI=1S/C26H23ClN4O3/c1-15-3-8-18(11-19(15)24(32)33)34-25-28-21-12-20(27)22(29-23(21)30-25)16-4-6-17(7-5-16)31-13-26(14-31)9-2-10-26/h3-8,11-12H,2,9-10,13-14H2,1H3,(H,32,33)(H,28,29,30). The lowest BCUT2D eigenvalue weighted by Crippen LogP contribution is -2.59. The minimum atomic E-state index is -1.01. The normalized spacial score (nSPS) is 16.4. The molecule has 172 valence electrons. The van der Waals surface area contributed by atoms with Crippen LogP contribution < -0.4 is 9.64 Å². The summed E-state index contributed by atoms with van der Waals surface area (Å²) < 4.78 is 5.77. The Bertz CT molecular complexity index is 1420. The molecule has 2 aromatic carbocycles. The minimum absolute atomic E-state index is 0.182. The molecule has 34 heavy (non-hydrogen) atoms. The summed E-state index contributed by atoms with van der Waals surface area (Å²) >= 11 is 6.56. The molecule has 2 fully saturated rings. The SMILES string of the molecule is Cc1ccc(Oc2nc3nc(-c4ccc(N5CC6(CCC6)C5)cc4)c(Cl)cc3[nH]2)cc1C(=O)O. The third kappa shape index (κ3) is 3.56. The third-order valence-corrected chi connectivity index (χ3v) is 7.32. The largest absolute Gasteiger partial charge is 0.478 e. The number of benzene rings is 2. The number of carboxylic acids is 1. The van der Waals surface area contributed by atoms with Gasteiger partial charge in [-0.1, -0.05) is 36.2 Å². The number of aryl methyl sites for hydroxylation is 1. The predicted octanol–water partition coefficient (Wildman–Crippen LogP) is 6.07. The number of H-pyrrole nitrogens is 1. The van der Waals surface area contributed by atoms with Gasteiger partial charge in [0.15, 0.2) is 5.65 Å². The molecule has 6 rings (SSSR count). The number of aromatic nitrogens is 3. The summed E-state index contributed by atoms with van der Waals surface area (Å²) in [4.78, 5) is 26.0. The molecule has 2 N–H and O–H groups in total. The fraction of sp³-hybridized carbons (Fsp3) is 0.269. The van der Waals surface area contributed by atoms with Crippen molar-refractivity contribution in [3.8, 4) is 23.0 Å². The van der Waals surface area contributed by atoms with Crippen LogP contribution in [0, 0.1) is 12.3 Å². The van der Waals surface area contributed by atoms with Crippen molar-refractivity contribution in [2.45, 2.75) is 26.2 Å². The number of hydrogen-bond acceptors (Lipinski definition) is 5. The lowest BCUT2D eigenvalue weighted by molar-refractivity contribution is 0.0695. The second kappa shape index (κ2) is 7.74. The molecule has 8 heteroatoms. The monoisotopic (exact) mass is 474 g/mol. The van der Waals surface area contributed by atoms with E-state index in [1.54, 1.807) is 25.1 Å².